The Morgan fingerprint density at radius 3 is 2.75 bits per heavy atom. The summed E-state index contributed by atoms with van der Waals surface area (Å²) in [5.74, 6) is 1.22. The molecule has 0 fully saturated rings. The van der Waals surface area contributed by atoms with Crippen molar-refractivity contribution in [1.29, 1.82) is 0 Å². The van der Waals surface area contributed by atoms with E-state index < -0.39 is 0 Å². The number of hydrogen-bond donors (Lipinski definition) is 1. The molecular weight excluding hydrogens is 318 g/mol. The summed E-state index contributed by atoms with van der Waals surface area (Å²) in [7, 11) is 0. The molecule has 112 valence electrons. The third-order valence-corrected chi connectivity index (χ3v) is 3.57. The first-order valence-corrected chi connectivity index (χ1v) is 8.29. The number of carbonyl (C=O) groups is 1. The van der Waals surface area contributed by atoms with Gasteiger partial charge in [-0.1, -0.05) is 35.3 Å². The van der Waals surface area contributed by atoms with Crippen LogP contribution in [-0.4, -0.2) is 23.9 Å². The molecule has 0 heterocycles. The quantitative estimate of drug-likeness (QED) is 0.725. The number of hydrogen-bond acceptors (Lipinski definition) is 2. The van der Waals surface area contributed by atoms with E-state index >= 15 is 0 Å². The van der Waals surface area contributed by atoms with Gasteiger partial charge in [-0.15, -0.1) is 0 Å². The van der Waals surface area contributed by atoms with E-state index in [2.05, 4.69) is 28.2 Å². The summed E-state index contributed by atoms with van der Waals surface area (Å²) < 4.78 is 5.60. The van der Waals surface area contributed by atoms with Crippen molar-refractivity contribution in [2.45, 2.75) is 39.7 Å². The summed E-state index contributed by atoms with van der Waals surface area (Å²) in [6, 6.07) is 7.33. The molecule has 0 aliphatic rings. The third-order valence-electron chi connectivity index (χ3n) is 3.11. The molecule has 0 aliphatic carbocycles. The fraction of sp³-hybridized carbons (Fsp3) is 0.562. The molecule has 0 bridgehead atoms. The van der Waals surface area contributed by atoms with E-state index in [1.807, 2.05) is 32.0 Å². The van der Waals surface area contributed by atoms with Crippen molar-refractivity contribution >= 4 is 21.8 Å². The number of rotatable bonds is 8. The Bertz CT molecular complexity index is 421. The lowest BCUT2D eigenvalue weighted by Gasteiger charge is -2.15. The number of amides is 1. The maximum Gasteiger partial charge on any atom is 0.251 e. The fourth-order valence-corrected chi connectivity index (χ4v) is 2.57. The molecule has 0 spiro atoms. The number of nitrogens with one attached hydrogen (secondary N) is 1. The molecule has 0 radical (unpaired) electrons. The average Bonchev–Trinajstić information content (AvgIpc) is 2.42. The fourth-order valence-electron chi connectivity index (χ4n) is 1.93. The van der Waals surface area contributed by atoms with Gasteiger partial charge in [-0.25, -0.2) is 0 Å². The number of halogens is 1. The molecule has 1 rings (SSSR count). The SMILES string of the molecule is CCC(CCBr)CNC(=O)c1cccc(OC(C)C)c1. The molecule has 0 saturated heterocycles. The van der Waals surface area contributed by atoms with Crippen LogP contribution in [0.15, 0.2) is 24.3 Å². The molecule has 1 unspecified atom stereocenters. The topological polar surface area (TPSA) is 38.3 Å². The van der Waals surface area contributed by atoms with Crippen molar-refractivity contribution in [3.63, 3.8) is 0 Å². The molecule has 20 heavy (non-hydrogen) atoms. The Balaban J connectivity index is 2.58. The molecule has 0 saturated carbocycles. The lowest BCUT2D eigenvalue weighted by molar-refractivity contribution is 0.0945. The maximum absolute atomic E-state index is 12.1. The van der Waals surface area contributed by atoms with Gasteiger partial charge in [0.15, 0.2) is 0 Å². The smallest absolute Gasteiger partial charge is 0.251 e. The van der Waals surface area contributed by atoms with Crippen LogP contribution in [0.5, 0.6) is 5.75 Å². The van der Waals surface area contributed by atoms with Gasteiger partial charge in [0.1, 0.15) is 5.75 Å². The Kier molecular flexibility index (Phi) is 7.67. The normalized spacial score (nSPS) is 12.2. The van der Waals surface area contributed by atoms with Crippen LogP contribution in [0, 0.1) is 5.92 Å². The zero-order valence-corrected chi connectivity index (χ0v) is 14.1. The van der Waals surface area contributed by atoms with Crippen LogP contribution in [0.25, 0.3) is 0 Å². The predicted octanol–water partition coefficient (Wildman–Crippen LogP) is 4.01. The molecule has 1 N–H and O–H groups in total. The highest BCUT2D eigenvalue weighted by Gasteiger charge is 2.10. The Morgan fingerprint density at radius 1 is 1.40 bits per heavy atom. The highest BCUT2D eigenvalue weighted by Crippen LogP contribution is 2.15. The molecule has 1 aromatic carbocycles. The van der Waals surface area contributed by atoms with Crippen molar-refractivity contribution in [2.75, 3.05) is 11.9 Å². The molecule has 0 aromatic heterocycles. The zero-order valence-electron chi connectivity index (χ0n) is 12.5. The Labute approximate surface area is 130 Å². The lowest BCUT2D eigenvalue weighted by atomic mass is 10.0. The van der Waals surface area contributed by atoms with Crippen molar-refractivity contribution < 1.29 is 9.53 Å². The van der Waals surface area contributed by atoms with E-state index in [1.54, 1.807) is 6.07 Å². The Hall–Kier alpha value is -1.03. The molecule has 4 heteroatoms. The minimum atomic E-state index is -0.0350. The molecule has 1 aromatic rings. The highest BCUT2D eigenvalue weighted by molar-refractivity contribution is 9.09. The van der Waals surface area contributed by atoms with Crippen LogP contribution in [-0.2, 0) is 0 Å². The lowest BCUT2D eigenvalue weighted by Crippen LogP contribution is -2.29. The van der Waals surface area contributed by atoms with Gasteiger partial charge in [-0.3, -0.25) is 4.79 Å². The van der Waals surface area contributed by atoms with Crippen LogP contribution in [0.1, 0.15) is 44.0 Å². The van der Waals surface area contributed by atoms with E-state index in [-0.39, 0.29) is 12.0 Å². The van der Waals surface area contributed by atoms with Crippen LogP contribution in [0.4, 0.5) is 0 Å². The summed E-state index contributed by atoms with van der Waals surface area (Å²) in [5, 5.41) is 3.97. The van der Waals surface area contributed by atoms with Gasteiger partial charge in [0.05, 0.1) is 6.10 Å². The Morgan fingerprint density at radius 2 is 2.15 bits per heavy atom. The summed E-state index contributed by atoms with van der Waals surface area (Å²) >= 11 is 3.45. The second-order valence-corrected chi connectivity index (χ2v) is 5.95. The predicted molar refractivity (Wildman–Crippen MR) is 86.7 cm³/mol. The van der Waals surface area contributed by atoms with Gasteiger partial charge < -0.3 is 10.1 Å². The van der Waals surface area contributed by atoms with Gasteiger partial charge in [0, 0.05) is 17.4 Å². The van der Waals surface area contributed by atoms with Gasteiger partial charge in [-0.2, -0.15) is 0 Å². The largest absolute Gasteiger partial charge is 0.491 e. The number of benzene rings is 1. The molecular formula is C16H24BrNO2. The van der Waals surface area contributed by atoms with Crippen LogP contribution in [0.3, 0.4) is 0 Å². The summed E-state index contributed by atoms with van der Waals surface area (Å²) in [6.45, 7) is 6.81. The molecule has 1 amide bonds. The van der Waals surface area contributed by atoms with Crippen molar-refractivity contribution in [2.24, 2.45) is 5.92 Å². The number of ether oxygens (including phenoxy) is 1. The molecule has 1 atom stereocenters. The molecule has 3 nitrogen and oxygen atoms in total. The van der Waals surface area contributed by atoms with Crippen molar-refractivity contribution in [3.8, 4) is 5.75 Å². The van der Waals surface area contributed by atoms with E-state index in [9.17, 15) is 4.79 Å². The van der Waals surface area contributed by atoms with Crippen LogP contribution < -0.4 is 10.1 Å². The average molecular weight is 342 g/mol. The van der Waals surface area contributed by atoms with E-state index in [1.165, 1.54) is 0 Å². The minimum absolute atomic E-state index is 0.0350. The number of carbonyl (C=O) groups excluding carboxylic acids is 1. The molecule has 0 aliphatic heterocycles. The van der Waals surface area contributed by atoms with Gasteiger partial charge >= 0.3 is 0 Å². The maximum atomic E-state index is 12.1. The first-order valence-electron chi connectivity index (χ1n) is 7.17. The monoisotopic (exact) mass is 341 g/mol. The van der Waals surface area contributed by atoms with E-state index in [4.69, 9.17) is 4.74 Å². The summed E-state index contributed by atoms with van der Waals surface area (Å²) in [6.07, 6.45) is 2.26. The summed E-state index contributed by atoms with van der Waals surface area (Å²) in [5.41, 5.74) is 0.650. The van der Waals surface area contributed by atoms with E-state index in [0.717, 1.165) is 30.5 Å². The van der Waals surface area contributed by atoms with Crippen molar-refractivity contribution in [1.82, 2.24) is 5.32 Å². The first-order chi connectivity index (χ1) is 9.56. The van der Waals surface area contributed by atoms with Gasteiger partial charge in [0.25, 0.3) is 5.91 Å². The van der Waals surface area contributed by atoms with Gasteiger partial charge in [0.2, 0.25) is 0 Å². The summed E-state index contributed by atoms with van der Waals surface area (Å²) in [4.78, 5) is 12.1. The second-order valence-electron chi connectivity index (χ2n) is 5.16. The first kappa shape index (κ1) is 17.0. The van der Waals surface area contributed by atoms with Crippen LogP contribution >= 0.6 is 15.9 Å². The highest BCUT2D eigenvalue weighted by atomic mass is 79.9. The zero-order chi connectivity index (χ0) is 15.0. The van der Waals surface area contributed by atoms with Gasteiger partial charge in [-0.05, 0) is 44.4 Å². The second kappa shape index (κ2) is 9.01. The third kappa shape index (κ3) is 5.95. The number of alkyl halides is 1. The van der Waals surface area contributed by atoms with Crippen LogP contribution in [0.2, 0.25) is 0 Å². The van der Waals surface area contributed by atoms with E-state index in [0.29, 0.717) is 11.5 Å². The van der Waals surface area contributed by atoms with Crippen molar-refractivity contribution in [3.05, 3.63) is 29.8 Å². The standard InChI is InChI=1S/C16H24BrNO2/c1-4-13(8-9-17)11-18-16(19)14-6-5-7-15(10-14)20-12(2)3/h5-7,10,12-13H,4,8-9,11H2,1-3H3,(H,18,19). The minimum Gasteiger partial charge on any atom is -0.491 e.